The van der Waals surface area contributed by atoms with Gasteiger partial charge in [-0.05, 0) is 32.0 Å². The number of ether oxygens (including phenoxy) is 2. The van der Waals surface area contributed by atoms with Gasteiger partial charge < -0.3 is 19.9 Å². The van der Waals surface area contributed by atoms with E-state index < -0.39 is 17.8 Å². The molecule has 0 bridgehead atoms. The minimum atomic E-state index is -1.08. The average Bonchev–Trinajstić information content (AvgIpc) is 2.41. The molecule has 0 unspecified atom stereocenters. The van der Waals surface area contributed by atoms with Crippen molar-refractivity contribution in [3.05, 3.63) is 23.8 Å². The molecule has 7 heteroatoms. The van der Waals surface area contributed by atoms with Crippen LogP contribution in [0.5, 0.6) is 5.75 Å². The van der Waals surface area contributed by atoms with Crippen LogP contribution in [0.25, 0.3) is 0 Å². The summed E-state index contributed by atoms with van der Waals surface area (Å²) in [6, 6.07) is 3.77. The first kappa shape index (κ1) is 15.5. The summed E-state index contributed by atoms with van der Waals surface area (Å²) >= 11 is 0. The predicted molar refractivity (Wildman–Crippen MR) is 69.3 cm³/mol. The molecule has 0 aliphatic carbocycles. The Kier molecular flexibility index (Phi) is 5.52. The maximum atomic E-state index is 11.5. The average molecular weight is 281 g/mol. The molecule has 0 saturated heterocycles. The molecule has 108 valence electrons. The van der Waals surface area contributed by atoms with Gasteiger partial charge in [-0.3, -0.25) is 4.79 Å². The minimum Gasteiger partial charge on any atom is -0.506 e. The molecule has 1 amide bonds. The lowest BCUT2D eigenvalue weighted by Crippen LogP contribution is -2.25. The maximum absolute atomic E-state index is 11.5. The molecule has 0 radical (unpaired) electrons. The molecule has 2 N–H and O–H groups in total. The lowest BCUT2D eigenvalue weighted by molar-refractivity contribution is -0.152. The smallest absolute Gasteiger partial charge is 0.397 e. The zero-order chi connectivity index (χ0) is 15.1. The van der Waals surface area contributed by atoms with Gasteiger partial charge in [0, 0.05) is 0 Å². The van der Waals surface area contributed by atoms with Gasteiger partial charge in [-0.2, -0.15) is 0 Å². The number of nitrogens with one attached hydrogen (secondary N) is 1. The molecule has 7 nitrogen and oxygen atoms in total. The topological polar surface area (TPSA) is 102 Å². The Hall–Kier alpha value is -2.57. The Labute approximate surface area is 115 Å². The summed E-state index contributed by atoms with van der Waals surface area (Å²) < 4.78 is 9.30. The molecule has 0 fully saturated rings. The van der Waals surface area contributed by atoms with E-state index in [-0.39, 0.29) is 30.2 Å². The first-order valence-corrected chi connectivity index (χ1v) is 5.97. The fourth-order valence-electron chi connectivity index (χ4n) is 1.35. The third-order valence-electron chi connectivity index (χ3n) is 2.22. The number of amides is 1. The van der Waals surface area contributed by atoms with Crippen molar-refractivity contribution in [2.24, 2.45) is 0 Å². The molecular weight excluding hydrogens is 266 g/mol. The second-order valence-electron chi connectivity index (χ2n) is 3.63. The van der Waals surface area contributed by atoms with Gasteiger partial charge in [0.2, 0.25) is 0 Å². The fourth-order valence-corrected chi connectivity index (χ4v) is 1.35. The van der Waals surface area contributed by atoms with E-state index in [1.54, 1.807) is 13.8 Å². The molecule has 1 aromatic rings. The standard InChI is InChI=1S/C13H15NO6/c1-3-19-12(17)8-5-6-10(15)9(7-8)14-11(16)13(18)20-4-2/h5-7,15H,3-4H2,1-2H3,(H,14,16). The number of esters is 2. The molecular formula is C13H15NO6. The first-order chi connectivity index (χ1) is 9.49. The second kappa shape index (κ2) is 7.13. The van der Waals surface area contributed by atoms with Crippen LogP contribution in [0.15, 0.2) is 18.2 Å². The van der Waals surface area contributed by atoms with Crippen LogP contribution in [0.3, 0.4) is 0 Å². The van der Waals surface area contributed by atoms with E-state index in [0.717, 1.165) is 0 Å². The summed E-state index contributed by atoms with van der Waals surface area (Å²) in [7, 11) is 0. The molecule has 0 heterocycles. The number of aromatic hydroxyl groups is 1. The number of benzene rings is 1. The van der Waals surface area contributed by atoms with Crippen molar-refractivity contribution in [3.63, 3.8) is 0 Å². The second-order valence-corrected chi connectivity index (χ2v) is 3.63. The molecule has 0 saturated carbocycles. The van der Waals surface area contributed by atoms with E-state index in [1.807, 2.05) is 0 Å². The third-order valence-corrected chi connectivity index (χ3v) is 2.22. The summed E-state index contributed by atoms with van der Waals surface area (Å²) in [6.45, 7) is 3.47. The Morgan fingerprint density at radius 2 is 1.80 bits per heavy atom. The third kappa shape index (κ3) is 3.98. The van der Waals surface area contributed by atoms with Gasteiger partial charge >= 0.3 is 17.8 Å². The van der Waals surface area contributed by atoms with Gasteiger partial charge in [-0.25, -0.2) is 9.59 Å². The summed E-state index contributed by atoms with van der Waals surface area (Å²) in [4.78, 5) is 34.1. The van der Waals surface area contributed by atoms with Crippen molar-refractivity contribution in [1.29, 1.82) is 0 Å². The highest BCUT2D eigenvalue weighted by molar-refractivity contribution is 6.37. The summed E-state index contributed by atoms with van der Waals surface area (Å²) in [5.41, 5.74) is 0.0671. The van der Waals surface area contributed by atoms with E-state index in [9.17, 15) is 19.5 Å². The van der Waals surface area contributed by atoms with Crippen LogP contribution < -0.4 is 5.32 Å². The normalized spacial score (nSPS) is 9.70. The van der Waals surface area contributed by atoms with Crippen molar-refractivity contribution < 1.29 is 29.0 Å². The van der Waals surface area contributed by atoms with Gasteiger partial charge in [-0.15, -0.1) is 0 Å². The number of carbonyl (C=O) groups is 3. The van der Waals surface area contributed by atoms with Crippen molar-refractivity contribution in [2.45, 2.75) is 13.8 Å². The van der Waals surface area contributed by atoms with Crippen molar-refractivity contribution in [2.75, 3.05) is 18.5 Å². The zero-order valence-corrected chi connectivity index (χ0v) is 11.1. The van der Waals surface area contributed by atoms with Crippen LogP contribution in [0, 0.1) is 0 Å². The van der Waals surface area contributed by atoms with Crippen molar-refractivity contribution in [1.82, 2.24) is 0 Å². The van der Waals surface area contributed by atoms with E-state index >= 15 is 0 Å². The molecule has 0 aliphatic heterocycles. The number of hydrogen-bond donors (Lipinski definition) is 2. The fraction of sp³-hybridized carbons (Fsp3) is 0.308. The van der Waals surface area contributed by atoms with Gasteiger partial charge in [0.1, 0.15) is 5.75 Å². The Bertz CT molecular complexity index is 526. The van der Waals surface area contributed by atoms with Crippen LogP contribution in [0.4, 0.5) is 5.69 Å². The number of phenolic OH excluding ortho intramolecular Hbond substituents is 1. The van der Waals surface area contributed by atoms with Crippen LogP contribution in [0.1, 0.15) is 24.2 Å². The van der Waals surface area contributed by atoms with E-state index in [0.29, 0.717) is 0 Å². The highest BCUT2D eigenvalue weighted by atomic mass is 16.5. The number of carbonyl (C=O) groups excluding carboxylic acids is 3. The Morgan fingerprint density at radius 3 is 2.40 bits per heavy atom. The first-order valence-electron chi connectivity index (χ1n) is 5.97. The largest absolute Gasteiger partial charge is 0.506 e. The zero-order valence-electron chi connectivity index (χ0n) is 11.1. The monoisotopic (exact) mass is 281 g/mol. The number of rotatable bonds is 4. The SMILES string of the molecule is CCOC(=O)C(=O)Nc1cc(C(=O)OCC)ccc1O. The minimum absolute atomic E-state index is 0.0566. The van der Waals surface area contributed by atoms with E-state index in [4.69, 9.17) is 4.74 Å². The highest BCUT2D eigenvalue weighted by Gasteiger charge is 2.18. The van der Waals surface area contributed by atoms with E-state index in [1.165, 1.54) is 18.2 Å². The predicted octanol–water partition coefficient (Wildman–Crippen LogP) is 1.07. The van der Waals surface area contributed by atoms with Gasteiger partial charge in [-0.1, -0.05) is 0 Å². The van der Waals surface area contributed by atoms with Crippen LogP contribution in [-0.4, -0.2) is 36.2 Å². The van der Waals surface area contributed by atoms with Crippen LogP contribution >= 0.6 is 0 Å². The van der Waals surface area contributed by atoms with Crippen LogP contribution in [0.2, 0.25) is 0 Å². The number of hydrogen-bond acceptors (Lipinski definition) is 6. The molecule has 1 aromatic carbocycles. The lowest BCUT2D eigenvalue weighted by atomic mass is 10.2. The number of anilines is 1. The molecule has 0 aliphatic rings. The highest BCUT2D eigenvalue weighted by Crippen LogP contribution is 2.24. The van der Waals surface area contributed by atoms with Crippen molar-refractivity contribution >= 4 is 23.5 Å². The van der Waals surface area contributed by atoms with Crippen molar-refractivity contribution in [3.8, 4) is 5.75 Å². The summed E-state index contributed by atoms with van der Waals surface area (Å²) in [5.74, 6) is -2.99. The lowest BCUT2D eigenvalue weighted by Gasteiger charge is -2.08. The summed E-state index contributed by atoms with van der Waals surface area (Å²) in [5, 5.41) is 11.7. The molecule has 0 atom stereocenters. The quantitative estimate of drug-likeness (QED) is 0.486. The van der Waals surface area contributed by atoms with Gasteiger partial charge in [0.05, 0.1) is 24.5 Å². The van der Waals surface area contributed by atoms with Gasteiger partial charge in [0.15, 0.2) is 0 Å². The number of phenols is 1. The Balaban J connectivity index is 2.89. The van der Waals surface area contributed by atoms with Gasteiger partial charge in [0.25, 0.3) is 0 Å². The maximum Gasteiger partial charge on any atom is 0.397 e. The van der Waals surface area contributed by atoms with E-state index in [2.05, 4.69) is 10.1 Å². The Morgan fingerprint density at radius 1 is 1.15 bits per heavy atom. The molecule has 20 heavy (non-hydrogen) atoms. The summed E-state index contributed by atoms with van der Waals surface area (Å²) in [6.07, 6.45) is 0. The molecule has 0 spiro atoms. The van der Waals surface area contributed by atoms with Crippen LogP contribution in [-0.2, 0) is 19.1 Å². The molecule has 0 aromatic heterocycles. The molecule has 1 rings (SSSR count).